The number of carboxylic acids is 1. The van der Waals surface area contributed by atoms with Crippen LogP contribution in [0.15, 0.2) is 24.3 Å². The molecule has 1 amide bonds. The maximum atomic E-state index is 12.7. The monoisotopic (exact) mass is 331 g/mol. The van der Waals surface area contributed by atoms with Crippen LogP contribution in [0.2, 0.25) is 0 Å². The summed E-state index contributed by atoms with van der Waals surface area (Å²) in [7, 11) is 0. The Balaban J connectivity index is 1.65. The maximum absolute atomic E-state index is 12.7. The van der Waals surface area contributed by atoms with E-state index in [1.54, 1.807) is 0 Å². The first-order valence-electron chi connectivity index (χ1n) is 8.76. The summed E-state index contributed by atoms with van der Waals surface area (Å²) in [6, 6.07) is 8.11. The molecular formula is C19H25NO4. The minimum Gasteiger partial charge on any atom is -0.481 e. The Labute approximate surface area is 142 Å². The zero-order chi connectivity index (χ0) is 17.1. The third-order valence-electron chi connectivity index (χ3n) is 5.19. The molecule has 1 heterocycles. The molecule has 2 fully saturated rings. The Morgan fingerprint density at radius 3 is 2.58 bits per heavy atom. The normalized spacial score (nSPS) is 30.0. The van der Waals surface area contributed by atoms with Gasteiger partial charge in [0.2, 0.25) is 5.91 Å². The first-order valence-corrected chi connectivity index (χ1v) is 8.76. The molecular weight excluding hydrogens is 306 g/mol. The first kappa shape index (κ1) is 17.0. The van der Waals surface area contributed by atoms with Gasteiger partial charge in [0.1, 0.15) is 0 Å². The van der Waals surface area contributed by atoms with Gasteiger partial charge in [0.15, 0.2) is 0 Å². The van der Waals surface area contributed by atoms with E-state index in [-0.39, 0.29) is 29.9 Å². The maximum Gasteiger partial charge on any atom is 0.306 e. The summed E-state index contributed by atoms with van der Waals surface area (Å²) in [6.07, 6.45) is 3.39. The molecule has 0 aromatic heterocycles. The summed E-state index contributed by atoms with van der Waals surface area (Å²) in [4.78, 5) is 23.8. The number of amides is 1. The fourth-order valence-electron chi connectivity index (χ4n) is 3.78. The van der Waals surface area contributed by atoms with Crippen molar-refractivity contribution in [1.29, 1.82) is 0 Å². The van der Waals surface area contributed by atoms with E-state index in [9.17, 15) is 9.59 Å². The van der Waals surface area contributed by atoms with Crippen molar-refractivity contribution in [2.75, 3.05) is 6.61 Å². The van der Waals surface area contributed by atoms with Crippen LogP contribution in [0.4, 0.5) is 0 Å². The number of carbonyl (C=O) groups excluding carboxylic acids is 1. The van der Waals surface area contributed by atoms with Crippen LogP contribution in [0.3, 0.4) is 0 Å². The van der Waals surface area contributed by atoms with Crippen LogP contribution < -0.4 is 5.32 Å². The number of carboxylic acid groups (broad SMARTS) is 1. The van der Waals surface area contributed by atoms with Crippen molar-refractivity contribution in [2.24, 2.45) is 11.8 Å². The molecule has 3 rings (SSSR count). The standard InChI is InChI=1S/C19H25NO4/c1-12-4-6-13(7-5-12)17-16(3-2-10-24-17)18(21)20-15-9-8-14(11-15)19(22)23/h4-7,14-17H,2-3,8-11H2,1H3,(H,20,21)(H,22,23)/t14-,15+,16?,17?/m0/s1. The highest BCUT2D eigenvalue weighted by Crippen LogP contribution is 2.35. The number of benzene rings is 1. The number of rotatable bonds is 4. The van der Waals surface area contributed by atoms with Crippen molar-refractivity contribution in [3.63, 3.8) is 0 Å². The van der Waals surface area contributed by atoms with E-state index in [0.717, 1.165) is 24.8 Å². The third kappa shape index (κ3) is 3.78. The van der Waals surface area contributed by atoms with Gasteiger partial charge in [-0.2, -0.15) is 0 Å². The van der Waals surface area contributed by atoms with E-state index < -0.39 is 5.97 Å². The van der Waals surface area contributed by atoms with E-state index in [0.29, 0.717) is 19.4 Å². The van der Waals surface area contributed by atoms with Crippen LogP contribution in [0, 0.1) is 18.8 Å². The first-order chi connectivity index (χ1) is 11.5. The third-order valence-corrected chi connectivity index (χ3v) is 5.19. The number of ether oxygens (including phenoxy) is 1. The second kappa shape index (κ2) is 7.34. The molecule has 1 aromatic carbocycles. The lowest BCUT2D eigenvalue weighted by Crippen LogP contribution is -2.42. The number of carbonyl (C=O) groups is 2. The van der Waals surface area contributed by atoms with Crippen LogP contribution in [0.25, 0.3) is 0 Å². The van der Waals surface area contributed by atoms with Crippen molar-refractivity contribution >= 4 is 11.9 Å². The summed E-state index contributed by atoms with van der Waals surface area (Å²) in [5.41, 5.74) is 2.22. The minimum atomic E-state index is -0.759. The molecule has 24 heavy (non-hydrogen) atoms. The lowest BCUT2D eigenvalue weighted by atomic mass is 9.88. The van der Waals surface area contributed by atoms with Gasteiger partial charge in [-0.3, -0.25) is 9.59 Å². The Kier molecular flexibility index (Phi) is 5.19. The summed E-state index contributed by atoms with van der Waals surface area (Å²) >= 11 is 0. The van der Waals surface area contributed by atoms with Crippen molar-refractivity contribution in [2.45, 2.75) is 51.2 Å². The SMILES string of the molecule is Cc1ccc(C2OCCCC2C(=O)N[C@@H]2CC[C@H](C(=O)O)C2)cc1. The van der Waals surface area contributed by atoms with Crippen molar-refractivity contribution < 1.29 is 19.4 Å². The summed E-state index contributed by atoms with van der Waals surface area (Å²) in [6.45, 7) is 2.71. The van der Waals surface area contributed by atoms with Crippen LogP contribution in [-0.2, 0) is 14.3 Å². The highest BCUT2D eigenvalue weighted by Gasteiger charge is 2.36. The van der Waals surface area contributed by atoms with Gasteiger partial charge >= 0.3 is 5.97 Å². The highest BCUT2D eigenvalue weighted by molar-refractivity contribution is 5.80. The fourth-order valence-corrected chi connectivity index (χ4v) is 3.78. The lowest BCUT2D eigenvalue weighted by molar-refractivity contribution is -0.142. The van der Waals surface area contributed by atoms with Crippen LogP contribution in [0.5, 0.6) is 0 Å². The molecule has 5 nitrogen and oxygen atoms in total. The highest BCUT2D eigenvalue weighted by atomic mass is 16.5. The smallest absolute Gasteiger partial charge is 0.306 e. The van der Waals surface area contributed by atoms with Crippen molar-refractivity contribution in [3.05, 3.63) is 35.4 Å². The predicted octanol–water partition coefficient (Wildman–Crippen LogP) is 2.83. The molecule has 2 N–H and O–H groups in total. The molecule has 1 aliphatic carbocycles. The van der Waals surface area contributed by atoms with Gasteiger partial charge < -0.3 is 15.2 Å². The van der Waals surface area contributed by atoms with E-state index in [1.807, 2.05) is 31.2 Å². The summed E-state index contributed by atoms with van der Waals surface area (Å²) < 4.78 is 5.91. The second-order valence-corrected chi connectivity index (χ2v) is 7.00. The minimum absolute atomic E-state index is 0.00341. The van der Waals surface area contributed by atoms with E-state index >= 15 is 0 Å². The summed E-state index contributed by atoms with van der Waals surface area (Å²) in [5, 5.41) is 12.2. The lowest BCUT2D eigenvalue weighted by Gasteiger charge is -2.32. The largest absolute Gasteiger partial charge is 0.481 e. The van der Waals surface area contributed by atoms with Crippen LogP contribution >= 0.6 is 0 Å². The Hall–Kier alpha value is -1.88. The van der Waals surface area contributed by atoms with E-state index in [1.165, 1.54) is 5.56 Å². The molecule has 0 radical (unpaired) electrons. The Morgan fingerprint density at radius 2 is 1.92 bits per heavy atom. The van der Waals surface area contributed by atoms with Gasteiger partial charge in [-0.1, -0.05) is 29.8 Å². The molecule has 1 aliphatic heterocycles. The predicted molar refractivity (Wildman–Crippen MR) is 89.5 cm³/mol. The number of aliphatic carboxylic acids is 1. The molecule has 4 atom stereocenters. The average Bonchev–Trinajstić information content (AvgIpc) is 3.04. The number of hydrogen-bond donors (Lipinski definition) is 2. The van der Waals surface area contributed by atoms with Gasteiger partial charge in [0.25, 0.3) is 0 Å². The molecule has 130 valence electrons. The molecule has 2 unspecified atom stereocenters. The Bertz CT molecular complexity index is 598. The molecule has 1 saturated carbocycles. The topological polar surface area (TPSA) is 75.6 Å². The van der Waals surface area contributed by atoms with Crippen LogP contribution in [-0.4, -0.2) is 29.6 Å². The van der Waals surface area contributed by atoms with Gasteiger partial charge in [-0.05, 0) is 44.6 Å². The van der Waals surface area contributed by atoms with Gasteiger partial charge in [0.05, 0.1) is 17.9 Å². The molecule has 0 bridgehead atoms. The van der Waals surface area contributed by atoms with Crippen molar-refractivity contribution in [3.8, 4) is 0 Å². The second-order valence-electron chi connectivity index (χ2n) is 7.00. The number of nitrogens with one attached hydrogen (secondary N) is 1. The fraction of sp³-hybridized carbons (Fsp3) is 0.579. The molecule has 2 aliphatic rings. The molecule has 1 aromatic rings. The molecule has 5 heteroatoms. The molecule has 1 saturated heterocycles. The Morgan fingerprint density at radius 1 is 1.17 bits per heavy atom. The van der Waals surface area contributed by atoms with E-state index in [4.69, 9.17) is 9.84 Å². The molecule has 0 spiro atoms. The van der Waals surface area contributed by atoms with Gasteiger partial charge in [0, 0.05) is 12.6 Å². The number of hydrogen-bond acceptors (Lipinski definition) is 3. The van der Waals surface area contributed by atoms with E-state index in [2.05, 4.69) is 5.32 Å². The zero-order valence-electron chi connectivity index (χ0n) is 14.0. The van der Waals surface area contributed by atoms with Gasteiger partial charge in [-0.15, -0.1) is 0 Å². The number of aryl methyl sites for hydroxylation is 1. The van der Waals surface area contributed by atoms with Crippen molar-refractivity contribution in [1.82, 2.24) is 5.32 Å². The summed E-state index contributed by atoms with van der Waals surface area (Å²) in [5.74, 6) is -1.29. The quantitative estimate of drug-likeness (QED) is 0.889. The van der Waals surface area contributed by atoms with Crippen LogP contribution in [0.1, 0.15) is 49.3 Å². The van der Waals surface area contributed by atoms with Gasteiger partial charge in [-0.25, -0.2) is 0 Å². The average molecular weight is 331 g/mol. The zero-order valence-corrected chi connectivity index (χ0v) is 14.0.